The number of hydrogen-bond donors (Lipinski definition) is 1. The van der Waals surface area contributed by atoms with Crippen LogP contribution in [0.4, 0.5) is 0 Å². The third kappa shape index (κ3) is 2.88. The molecular weight excluding hydrogens is 350 g/mol. The Morgan fingerprint density at radius 2 is 2.12 bits per heavy atom. The lowest BCUT2D eigenvalue weighted by Gasteiger charge is -2.09. The zero-order valence-electron chi connectivity index (χ0n) is 15.0. The number of nitrogens with one attached hydrogen (secondary N) is 1. The highest BCUT2D eigenvalue weighted by Gasteiger charge is 2.20. The zero-order valence-corrected chi connectivity index (χ0v) is 15.8. The van der Waals surface area contributed by atoms with Crippen molar-refractivity contribution >= 4 is 28.4 Å². The number of aryl methyl sites for hydroxylation is 3. The minimum absolute atomic E-state index is 0.108. The molecule has 7 heteroatoms. The van der Waals surface area contributed by atoms with Crippen LogP contribution >= 0.6 is 11.6 Å². The molecule has 1 aliphatic heterocycles. The van der Waals surface area contributed by atoms with Crippen LogP contribution in [-0.2, 0) is 26.6 Å². The number of nitrogens with zero attached hydrogens (tertiary/aromatic N) is 4. The van der Waals surface area contributed by atoms with Gasteiger partial charge in [-0.3, -0.25) is 4.79 Å². The summed E-state index contributed by atoms with van der Waals surface area (Å²) in [5.74, 6) is 1.75. The predicted molar refractivity (Wildman–Crippen MR) is 101 cm³/mol. The molecular formula is C19H22ClN5O. The number of aromatic nitrogens is 4. The number of rotatable bonds is 3. The summed E-state index contributed by atoms with van der Waals surface area (Å²) in [6, 6.07) is 5.69. The molecule has 0 atom stereocenters. The van der Waals surface area contributed by atoms with E-state index in [9.17, 15) is 4.79 Å². The molecule has 1 aromatic carbocycles. The highest BCUT2D eigenvalue weighted by Crippen LogP contribution is 2.27. The largest absolute Gasteiger partial charge is 0.343 e. The minimum atomic E-state index is -0.108. The maximum Gasteiger partial charge on any atom is 0.268 e. The fraction of sp³-hybridized carbons (Fsp3) is 0.421. The van der Waals surface area contributed by atoms with E-state index in [2.05, 4.69) is 20.1 Å². The van der Waals surface area contributed by atoms with E-state index in [1.165, 1.54) is 6.42 Å². The van der Waals surface area contributed by atoms with Crippen molar-refractivity contribution in [3.8, 4) is 0 Å². The third-order valence-electron chi connectivity index (χ3n) is 5.22. The van der Waals surface area contributed by atoms with Crippen molar-refractivity contribution in [3.63, 3.8) is 0 Å². The van der Waals surface area contributed by atoms with Crippen LogP contribution in [0, 0.1) is 6.92 Å². The maximum absolute atomic E-state index is 12.8. The fourth-order valence-electron chi connectivity index (χ4n) is 3.84. The van der Waals surface area contributed by atoms with Crippen molar-refractivity contribution in [1.29, 1.82) is 0 Å². The van der Waals surface area contributed by atoms with Gasteiger partial charge in [0.2, 0.25) is 0 Å². The Kier molecular flexibility index (Phi) is 4.44. The number of amides is 1. The fourth-order valence-corrected chi connectivity index (χ4v) is 4.01. The maximum atomic E-state index is 12.8. The lowest BCUT2D eigenvalue weighted by atomic mass is 10.1. The van der Waals surface area contributed by atoms with Gasteiger partial charge in [0, 0.05) is 35.9 Å². The zero-order chi connectivity index (χ0) is 18.3. The van der Waals surface area contributed by atoms with Gasteiger partial charge in [0.05, 0.1) is 6.54 Å². The molecule has 2 aromatic heterocycles. The molecule has 0 bridgehead atoms. The molecule has 6 nitrogen and oxygen atoms in total. The Hall–Kier alpha value is -2.34. The lowest BCUT2D eigenvalue weighted by molar-refractivity contribution is 0.0941. The van der Waals surface area contributed by atoms with Crippen LogP contribution in [-0.4, -0.2) is 25.2 Å². The van der Waals surface area contributed by atoms with Crippen LogP contribution in [0.3, 0.4) is 0 Å². The van der Waals surface area contributed by atoms with Crippen molar-refractivity contribution in [2.24, 2.45) is 7.05 Å². The van der Waals surface area contributed by atoms with Crippen LogP contribution in [0.2, 0.25) is 5.02 Å². The van der Waals surface area contributed by atoms with Gasteiger partial charge in [0.15, 0.2) is 5.82 Å². The highest BCUT2D eigenvalue weighted by atomic mass is 35.5. The molecule has 4 rings (SSSR count). The van der Waals surface area contributed by atoms with Gasteiger partial charge in [0.25, 0.3) is 5.91 Å². The number of benzene rings is 1. The molecule has 26 heavy (non-hydrogen) atoms. The van der Waals surface area contributed by atoms with Gasteiger partial charge in [-0.05, 0) is 43.5 Å². The van der Waals surface area contributed by atoms with Crippen molar-refractivity contribution in [2.75, 3.05) is 0 Å². The van der Waals surface area contributed by atoms with E-state index in [0.29, 0.717) is 17.3 Å². The minimum Gasteiger partial charge on any atom is -0.343 e. The molecule has 0 radical (unpaired) electrons. The van der Waals surface area contributed by atoms with Crippen LogP contribution < -0.4 is 5.32 Å². The van der Waals surface area contributed by atoms with Gasteiger partial charge in [0.1, 0.15) is 11.5 Å². The molecule has 136 valence electrons. The molecule has 3 aromatic rings. The van der Waals surface area contributed by atoms with Gasteiger partial charge in [-0.1, -0.05) is 18.0 Å². The number of carbonyl (C=O) groups excluding carboxylic acids is 1. The normalized spacial score (nSPS) is 14.3. The average molecular weight is 372 g/mol. The van der Waals surface area contributed by atoms with E-state index in [-0.39, 0.29) is 5.91 Å². The Bertz CT molecular complexity index is 988. The molecule has 0 saturated heterocycles. The van der Waals surface area contributed by atoms with Crippen LogP contribution in [0.15, 0.2) is 18.2 Å². The smallest absolute Gasteiger partial charge is 0.268 e. The molecule has 1 aliphatic rings. The van der Waals surface area contributed by atoms with Crippen LogP contribution in [0.5, 0.6) is 0 Å². The van der Waals surface area contributed by atoms with E-state index < -0.39 is 0 Å². The second-order valence-electron chi connectivity index (χ2n) is 6.87. The molecule has 0 saturated carbocycles. The standard InChI is InChI=1S/C19H22ClN5O/c1-12-14-10-13(20)7-8-15(14)24(2)18(12)19(26)21-11-17-23-22-16-6-4-3-5-9-25(16)17/h7-8,10H,3-6,9,11H2,1-2H3,(H,21,26). The third-order valence-corrected chi connectivity index (χ3v) is 5.46. The van der Waals surface area contributed by atoms with Crippen LogP contribution in [0.1, 0.15) is 47.0 Å². The summed E-state index contributed by atoms with van der Waals surface area (Å²) in [6.45, 7) is 3.27. The van der Waals surface area contributed by atoms with E-state index in [1.807, 2.05) is 36.7 Å². The Morgan fingerprint density at radius 3 is 2.96 bits per heavy atom. The average Bonchev–Trinajstić information content (AvgIpc) is 3.00. The highest BCUT2D eigenvalue weighted by molar-refractivity contribution is 6.31. The lowest BCUT2D eigenvalue weighted by Crippen LogP contribution is -2.27. The molecule has 0 fully saturated rings. The Morgan fingerprint density at radius 1 is 1.27 bits per heavy atom. The monoisotopic (exact) mass is 371 g/mol. The number of hydrogen-bond acceptors (Lipinski definition) is 3. The summed E-state index contributed by atoms with van der Waals surface area (Å²) >= 11 is 6.11. The van der Waals surface area contributed by atoms with E-state index in [1.54, 1.807) is 0 Å². The van der Waals surface area contributed by atoms with Crippen molar-refractivity contribution in [3.05, 3.63) is 46.1 Å². The Labute approximate surface area is 157 Å². The molecule has 0 spiro atoms. The second kappa shape index (κ2) is 6.76. The van der Waals surface area contributed by atoms with Gasteiger partial charge in [-0.15, -0.1) is 10.2 Å². The Balaban J connectivity index is 1.58. The number of carbonyl (C=O) groups is 1. The van der Waals surface area contributed by atoms with Crippen molar-refractivity contribution < 1.29 is 4.79 Å². The van der Waals surface area contributed by atoms with Crippen molar-refractivity contribution in [2.45, 2.75) is 45.7 Å². The summed E-state index contributed by atoms with van der Waals surface area (Å²) < 4.78 is 4.07. The first-order valence-corrected chi connectivity index (χ1v) is 9.37. The quantitative estimate of drug-likeness (QED) is 0.767. The van der Waals surface area contributed by atoms with Gasteiger partial charge in [-0.25, -0.2) is 0 Å². The second-order valence-corrected chi connectivity index (χ2v) is 7.31. The first kappa shape index (κ1) is 17.1. The summed E-state index contributed by atoms with van der Waals surface area (Å²) in [7, 11) is 1.90. The molecule has 0 aliphatic carbocycles. The molecule has 3 heterocycles. The van der Waals surface area contributed by atoms with E-state index in [4.69, 9.17) is 11.6 Å². The van der Waals surface area contributed by atoms with Crippen molar-refractivity contribution in [1.82, 2.24) is 24.6 Å². The molecule has 1 amide bonds. The first-order valence-electron chi connectivity index (χ1n) is 9.00. The first-order chi connectivity index (χ1) is 12.6. The van der Waals surface area contributed by atoms with Gasteiger partial charge < -0.3 is 14.5 Å². The van der Waals surface area contributed by atoms with E-state index >= 15 is 0 Å². The predicted octanol–water partition coefficient (Wildman–Crippen LogP) is 3.39. The topological polar surface area (TPSA) is 64.7 Å². The van der Waals surface area contributed by atoms with E-state index in [0.717, 1.165) is 53.9 Å². The summed E-state index contributed by atoms with van der Waals surface area (Å²) in [5.41, 5.74) is 2.58. The van der Waals surface area contributed by atoms with Gasteiger partial charge in [-0.2, -0.15) is 0 Å². The molecule has 1 N–H and O–H groups in total. The number of fused-ring (bicyclic) bond motifs is 2. The summed E-state index contributed by atoms with van der Waals surface area (Å²) in [6.07, 6.45) is 4.47. The number of halogens is 1. The summed E-state index contributed by atoms with van der Waals surface area (Å²) in [4.78, 5) is 12.8. The van der Waals surface area contributed by atoms with Gasteiger partial charge >= 0.3 is 0 Å². The van der Waals surface area contributed by atoms with Crippen LogP contribution in [0.25, 0.3) is 10.9 Å². The molecule has 0 unspecified atom stereocenters. The SMILES string of the molecule is Cc1c(C(=O)NCc2nnc3n2CCCCC3)n(C)c2ccc(Cl)cc12. The summed E-state index contributed by atoms with van der Waals surface area (Å²) in [5, 5.41) is 13.3.